The molecule has 0 fully saturated rings. The molecule has 0 amide bonds. The van der Waals surface area contributed by atoms with Crippen LogP contribution < -0.4 is 5.56 Å². The number of hydrogen-bond acceptors (Lipinski definition) is 2. The predicted molar refractivity (Wildman–Crippen MR) is 58.0 cm³/mol. The smallest absolute Gasteiger partial charge is 0.274 e. The minimum absolute atomic E-state index is 0.171. The van der Waals surface area contributed by atoms with E-state index >= 15 is 0 Å². The molecule has 0 saturated carbocycles. The Morgan fingerprint density at radius 2 is 1.93 bits per heavy atom. The van der Waals surface area contributed by atoms with Crippen molar-refractivity contribution in [1.82, 2.24) is 9.97 Å². The molecule has 0 radical (unpaired) electrons. The zero-order valence-electron chi connectivity index (χ0n) is 7.20. The molecule has 0 atom stereocenters. The van der Waals surface area contributed by atoms with Gasteiger partial charge in [0.2, 0.25) is 0 Å². The SMILES string of the molecule is O=c1[nH]ccnc1-c1ccc(Br)cc1. The van der Waals surface area contributed by atoms with Gasteiger partial charge in [0.15, 0.2) is 0 Å². The van der Waals surface area contributed by atoms with E-state index in [9.17, 15) is 4.79 Å². The molecule has 0 aliphatic heterocycles. The molecular formula is C10H7BrN2O. The van der Waals surface area contributed by atoms with Crippen molar-refractivity contribution in [2.75, 3.05) is 0 Å². The van der Waals surface area contributed by atoms with Gasteiger partial charge >= 0.3 is 0 Å². The maximum Gasteiger partial charge on any atom is 0.274 e. The summed E-state index contributed by atoms with van der Waals surface area (Å²) < 4.78 is 0.980. The molecule has 14 heavy (non-hydrogen) atoms. The number of hydrogen-bond donors (Lipinski definition) is 1. The van der Waals surface area contributed by atoms with Crippen LogP contribution in [-0.4, -0.2) is 9.97 Å². The molecule has 4 heteroatoms. The molecule has 0 unspecified atom stereocenters. The molecule has 1 heterocycles. The minimum Gasteiger partial charge on any atom is -0.326 e. The number of aromatic nitrogens is 2. The largest absolute Gasteiger partial charge is 0.326 e. The van der Waals surface area contributed by atoms with E-state index in [-0.39, 0.29) is 5.56 Å². The van der Waals surface area contributed by atoms with Crippen LogP contribution >= 0.6 is 15.9 Å². The van der Waals surface area contributed by atoms with Gasteiger partial charge in [-0.15, -0.1) is 0 Å². The average Bonchev–Trinajstić information content (AvgIpc) is 2.20. The first-order valence-electron chi connectivity index (χ1n) is 4.07. The molecule has 1 N–H and O–H groups in total. The average molecular weight is 251 g/mol. The molecule has 0 bridgehead atoms. The zero-order chi connectivity index (χ0) is 9.97. The lowest BCUT2D eigenvalue weighted by Gasteiger charge is -1.98. The Morgan fingerprint density at radius 3 is 2.57 bits per heavy atom. The van der Waals surface area contributed by atoms with Gasteiger partial charge in [-0.2, -0.15) is 0 Å². The maximum atomic E-state index is 11.4. The van der Waals surface area contributed by atoms with Gasteiger partial charge in [0.25, 0.3) is 5.56 Å². The Hall–Kier alpha value is -1.42. The summed E-state index contributed by atoms with van der Waals surface area (Å²) in [7, 11) is 0. The Morgan fingerprint density at radius 1 is 1.21 bits per heavy atom. The van der Waals surface area contributed by atoms with Crippen molar-refractivity contribution in [2.45, 2.75) is 0 Å². The lowest BCUT2D eigenvalue weighted by Crippen LogP contribution is -2.09. The van der Waals surface area contributed by atoms with Crippen LogP contribution in [0.2, 0.25) is 0 Å². The first-order valence-corrected chi connectivity index (χ1v) is 4.86. The molecular weight excluding hydrogens is 244 g/mol. The number of halogens is 1. The number of nitrogens with zero attached hydrogens (tertiary/aromatic N) is 1. The van der Waals surface area contributed by atoms with Crippen LogP contribution in [0, 0.1) is 0 Å². The Bertz CT molecular complexity index is 490. The van der Waals surface area contributed by atoms with E-state index in [2.05, 4.69) is 25.9 Å². The summed E-state index contributed by atoms with van der Waals surface area (Å²) in [5, 5.41) is 0. The fourth-order valence-corrected chi connectivity index (χ4v) is 1.43. The van der Waals surface area contributed by atoms with Crippen molar-refractivity contribution in [3.05, 3.63) is 51.5 Å². The lowest BCUT2D eigenvalue weighted by atomic mass is 10.2. The molecule has 2 rings (SSSR count). The summed E-state index contributed by atoms with van der Waals surface area (Å²) in [5.74, 6) is 0. The minimum atomic E-state index is -0.171. The summed E-state index contributed by atoms with van der Waals surface area (Å²) in [4.78, 5) is 18.0. The van der Waals surface area contributed by atoms with Gasteiger partial charge in [0.1, 0.15) is 5.69 Å². The molecule has 0 aliphatic rings. The summed E-state index contributed by atoms with van der Waals surface area (Å²) in [5.41, 5.74) is 1.09. The third kappa shape index (κ3) is 1.75. The Balaban J connectivity index is 2.56. The maximum absolute atomic E-state index is 11.4. The Kier molecular flexibility index (Phi) is 2.45. The lowest BCUT2D eigenvalue weighted by molar-refractivity contribution is 1.14. The number of benzene rings is 1. The number of aromatic amines is 1. The van der Waals surface area contributed by atoms with Crippen molar-refractivity contribution in [1.29, 1.82) is 0 Å². The van der Waals surface area contributed by atoms with Crippen LogP contribution in [0.3, 0.4) is 0 Å². The summed E-state index contributed by atoms with van der Waals surface area (Å²) in [6.07, 6.45) is 3.09. The van der Waals surface area contributed by atoms with Gasteiger partial charge < -0.3 is 4.98 Å². The normalized spacial score (nSPS) is 10.1. The monoisotopic (exact) mass is 250 g/mol. The van der Waals surface area contributed by atoms with Gasteiger partial charge in [-0.05, 0) is 12.1 Å². The van der Waals surface area contributed by atoms with Gasteiger partial charge in [0.05, 0.1) is 0 Å². The van der Waals surface area contributed by atoms with Crippen LogP contribution in [0.15, 0.2) is 45.9 Å². The topological polar surface area (TPSA) is 45.8 Å². The summed E-state index contributed by atoms with van der Waals surface area (Å²) >= 11 is 3.33. The number of rotatable bonds is 1. The van der Waals surface area contributed by atoms with Crippen LogP contribution in [0.5, 0.6) is 0 Å². The third-order valence-electron chi connectivity index (χ3n) is 1.83. The molecule has 1 aromatic heterocycles. The van der Waals surface area contributed by atoms with Crippen LogP contribution in [0.4, 0.5) is 0 Å². The molecule has 70 valence electrons. The second kappa shape index (κ2) is 3.75. The second-order valence-corrected chi connectivity index (χ2v) is 3.69. The highest BCUT2D eigenvalue weighted by Gasteiger charge is 2.02. The predicted octanol–water partition coefficient (Wildman–Crippen LogP) is 2.20. The first-order chi connectivity index (χ1) is 6.77. The van der Waals surface area contributed by atoms with Crippen LogP contribution in [0.25, 0.3) is 11.3 Å². The molecule has 1 aromatic carbocycles. The van der Waals surface area contributed by atoms with Crippen LogP contribution in [-0.2, 0) is 0 Å². The van der Waals surface area contributed by atoms with Crippen LogP contribution in [0.1, 0.15) is 0 Å². The first kappa shape index (κ1) is 9.15. The highest BCUT2D eigenvalue weighted by atomic mass is 79.9. The van der Waals surface area contributed by atoms with E-state index in [0.717, 1.165) is 10.0 Å². The quantitative estimate of drug-likeness (QED) is 0.844. The van der Waals surface area contributed by atoms with E-state index in [0.29, 0.717) is 5.69 Å². The molecule has 0 saturated heterocycles. The molecule has 2 aromatic rings. The van der Waals surface area contributed by atoms with E-state index in [4.69, 9.17) is 0 Å². The number of H-pyrrole nitrogens is 1. The fourth-order valence-electron chi connectivity index (χ4n) is 1.17. The van der Waals surface area contributed by atoms with Gasteiger partial charge in [-0.1, -0.05) is 28.1 Å². The summed E-state index contributed by atoms with van der Waals surface area (Å²) in [6, 6.07) is 7.45. The number of nitrogens with one attached hydrogen (secondary N) is 1. The van der Waals surface area contributed by atoms with Gasteiger partial charge in [-0.3, -0.25) is 4.79 Å². The zero-order valence-corrected chi connectivity index (χ0v) is 8.78. The van der Waals surface area contributed by atoms with Crippen molar-refractivity contribution in [2.24, 2.45) is 0 Å². The van der Waals surface area contributed by atoms with E-state index < -0.39 is 0 Å². The van der Waals surface area contributed by atoms with Crippen molar-refractivity contribution in [3.63, 3.8) is 0 Å². The van der Waals surface area contributed by atoms with Crippen molar-refractivity contribution in [3.8, 4) is 11.3 Å². The Labute approximate surface area is 89.0 Å². The summed E-state index contributed by atoms with van der Waals surface area (Å²) in [6.45, 7) is 0. The van der Waals surface area contributed by atoms with E-state index in [1.165, 1.54) is 6.20 Å². The fraction of sp³-hybridized carbons (Fsp3) is 0. The van der Waals surface area contributed by atoms with Crippen molar-refractivity contribution < 1.29 is 0 Å². The molecule has 0 aliphatic carbocycles. The standard InChI is InChI=1S/C10H7BrN2O/c11-8-3-1-7(2-4-8)9-10(14)13-6-5-12-9/h1-6H,(H,13,14). The van der Waals surface area contributed by atoms with Gasteiger partial charge in [-0.25, -0.2) is 4.98 Å². The van der Waals surface area contributed by atoms with Gasteiger partial charge in [0, 0.05) is 22.4 Å². The highest BCUT2D eigenvalue weighted by molar-refractivity contribution is 9.10. The second-order valence-electron chi connectivity index (χ2n) is 2.77. The third-order valence-corrected chi connectivity index (χ3v) is 2.35. The van der Waals surface area contributed by atoms with E-state index in [1.54, 1.807) is 6.20 Å². The highest BCUT2D eigenvalue weighted by Crippen LogP contribution is 2.16. The molecule has 0 spiro atoms. The van der Waals surface area contributed by atoms with E-state index in [1.807, 2.05) is 24.3 Å². The molecule has 3 nitrogen and oxygen atoms in total. The van der Waals surface area contributed by atoms with Crippen molar-refractivity contribution >= 4 is 15.9 Å².